The van der Waals surface area contributed by atoms with Gasteiger partial charge < -0.3 is 10.6 Å². The van der Waals surface area contributed by atoms with Crippen LogP contribution in [0.3, 0.4) is 0 Å². The van der Waals surface area contributed by atoms with Crippen LogP contribution >= 0.6 is 15.9 Å². The molecule has 1 saturated heterocycles. The Morgan fingerprint density at radius 3 is 2.92 bits per heavy atom. The SMILES string of the molecule is O=C(NCC1CNC1)c1nn(-c2cccc(Br)c2)c2c1CCCC2. The van der Waals surface area contributed by atoms with E-state index in [0.29, 0.717) is 11.6 Å². The fraction of sp³-hybridized carbons (Fsp3) is 0.444. The molecule has 0 radical (unpaired) electrons. The van der Waals surface area contributed by atoms with Crippen molar-refractivity contribution in [3.8, 4) is 5.69 Å². The summed E-state index contributed by atoms with van der Waals surface area (Å²) in [5.74, 6) is 0.519. The smallest absolute Gasteiger partial charge is 0.272 e. The highest BCUT2D eigenvalue weighted by Gasteiger charge is 2.26. The zero-order valence-corrected chi connectivity index (χ0v) is 15.1. The van der Waals surface area contributed by atoms with Gasteiger partial charge in [0.25, 0.3) is 5.91 Å². The van der Waals surface area contributed by atoms with Gasteiger partial charge >= 0.3 is 0 Å². The van der Waals surface area contributed by atoms with Gasteiger partial charge in [-0.05, 0) is 43.9 Å². The Morgan fingerprint density at radius 2 is 2.17 bits per heavy atom. The summed E-state index contributed by atoms with van der Waals surface area (Å²) in [5.41, 5.74) is 3.93. The van der Waals surface area contributed by atoms with Gasteiger partial charge in [-0.2, -0.15) is 5.10 Å². The summed E-state index contributed by atoms with van der Waals surface area (Å²) >= 11 is 3.52. The molecular weight excluding hydrogens is 368 g/mol. The molecule has 0 bridgehead atoms. The number of carbonyl (C=O) groups excluding carboxylic acids is 1. The molecule has 2 N–H and O–H groups in total. The van der Waals surface area contributed by atoms with Crippen LogP contribution in [0, 0.1) is 5.92 Å². The maximum absolute atomic E-state index is 12.7. The molecule has 1 aliphatic heterocycles. The van der Waals surface area contributed by atoms with Gasteiger partial charge in [0.05, 0.1) is 5.69 Å². The first-order valence-electron chi connectivity index (χ1n) is 8.58. The van der Waals surface area contributed by atoms with Crippen molar-refractivity contribution in [2.24, 2.45) is 5.92 Å². The number of aromatic nitrogens is 2. The molecule has 1 aromatic heterocycles. The monoisotopic (exact) mass is 388 g/mol. The maximum Gasteiger partial charge on any atom is 0.272 e. The minimum Gasteiger partial charge on any atom is -0.350 e. The Kier molecular flexibility index (Phi) is 4.41. The predicted molar refractivity (Wildman–Crippen MR) is 96.6 cm³/mol. The summed E-state index contributed by atoms with van der Waals surface area (Å²) in [7, 11) is 0. The van der Waals surface area contributed by atoms with Crippen LogP contribution in [0.25, 0.3) is 5.69 Å². The third-order valence-corrected chi connectivity index (χ3v) is 5.36. The molecule has 1 aliphatic carbocycles. The Labute approximate surface area is 149 Å². The van der Waals surface area contributed by atoms with Gasteiger partial charge in [0.1, 0.15) is 0 Å². The number of halogens is 1. The van der Waals surface area contributed by atoms with Crippen molar-refractivity contribution < 1.29 is 4.79 Å². The molecule has 0 saturated carbocycles. The molecule has 2 heterocycles. The van der Waals surface area contributed by atoms with Crippen LogP contribution in [-0.4, -0.2) is 35.3 Å². The van der Waals surface area contributed by atoms with E-state index in [1.807, 2.05) is 28.9 Å². The minimum absolute atomic E-state index is 0.0335. The first-order valence-corrected chi connectivity index (χ1v) is 9.37. The lowest BCUT2D eigenvalue weighted by Gasteiger charge is -2.27. The highest BCUT2D eigenvalue weighted by molar-refractivity contribution is 9.10. The number of rotatable bonds is 4. The predicted octanol–water partition coefficient (Wildman–Crippen LogP) is 2.46. The quantitative estimate of drug-likeness (QED) is 0.845. The van der Waals surface area contributed by atoms with Crippen LogP contribution in [0.1, 0.15) is 34.6 Å². The lowest BCUT2D eigenvalue weighted by atomic mass is 9.95. The Balaban J connectivity index is 1.65. The van der Waals surface area contributed by atoms with Gasteiger partial charge in [0.15, 0.2) is 5.69 Å². The molecular formula is C18H21BrN4O. The second-order valence-electron chi connectivity index (χ2n) is 6.61. The zero-order chi connectivity index (χ0) is 16.5. The van der Waals surface area contributed by atoms with E-state index in [0.717, 1.165) is 61.0 Å². The van der Waals surface area contributed by atoms with Crippen molar-refractivity contribution in [3.05, 3.63) is 45.7 Å². The van der Waals surface area contributed by atoms with E-state index in [1.165, 1.54) is 5.69 Å². The molecule has 0 spiro atoms. The van der Waals surface area contributed by atoms with Crippen molar-refractivity contribution in [3.63, 3.8) is 0 Å². The topological polar surface area (TPSA) is 59.0 Å². The van der Waals surface area contributed by atoms with E-state index in [9.17, 15) is 4.79 Å². The summed E-state index contributed by atoms with van der Waals surface area (Å²) in [6, 6.07) is 8.08. The summed E-state index contributed by atoms with van der Waals surface area (Å²) in [5, 5.41) is 11.0. The number of hydrogen-bond acceptors (Lipinski definition) is 3. The minimum atomic E-state index is -0.0335. The number of hydrogen-bond donors (Lipinski definition) is 2. The summed E-state index contributed by atoms with van der Waals surface area (Å²) in [4.78, 5) is 12.7. The van der Waals surface area contributed by atoms with Gasteiger partial charge in [-0.15, -0.1) is 0 Å². The van der Waals surface area contributed by atoms with Crippen molar-refractivity contribution in [2.75, 3.05) is 19.6 Å². The zero-order valence-electron chi connectivity index (χ0n) is 13.5. The number of fused-ring (bicyclic) bond motifs is 1. The van der Waals surface area contributed by atoms with E-state index in [-0.39, 0.29) is 5.91 Å². The van der Waals surface area contributed by atoms with Crippen LogP contribution in [0.15, 0.2) is 28.7 Å². The van der Waals surface area contributed by atoms with Crippen LogP contribution in [0.5, 0.6) is 0 Å². The first kappa shape index (κ1) is 15.8. The molecule has 6 heteroatoms. The highest BCUT2D eigenvalue weighted by atomic mass is 79.9. The maximum atomic E-state index is 12.7. The third-order valence-electron chi connectivity index (χ3n) is 4.87. The first-order chi connectivity index (χ1) is 11.7. The van der Waals surface area contributed by atoms with Gasteiger partial charge in [0.2, 0.25) is 0 Å². The van der Waals surface area contributed by atoms with E-state index < -0.39 is 0 Å². The third kappa shape index (κ3) is 3.00. The molecule has 0 atom stereocenters. The highest BCUT2D eigenvalue weighted by Crippen LogP contribution is 2.28. The van der Waals surface area contributed by atoms with E-state index in [4.69, 9.17) is 5.10 Å². The summed E-state index contributed by atoms with van der Waals surface area (Å²) in [6.45, 7) is 2.71. The van der Waals surface area contributed by atoms with Gasteiger partial charge in [-0.1, -0.05) is 22.0 Å². The average molecular weight is 389 g/mol. The van der Waals surface area contributed by atoms with Crippen molar-refractivity contribution in [1.29, 1.82) is 0 Å². The fourth-order valence-electron chi connectivity index (χ4n) is 3.42. The van der Waals surface area contributed by atoms with Crippen LogP contribution in [0.2, 0.25) is 0 Å². The molecule has 1 amide bonds. The van der Waals surface area contributed by atoms with Gasteiger partial charge in [-0.25, -0.2) is 4.68 Å². The molecule has 24 heavy (non-hydrogen) atoms. The second-order valence-corrected chi connectivity index (χ2v) is 7.52. The molecule has 4 rings (SSSR count). The molecule has 1 aromatic carbocycles. The lowest BCUT2D eigenvalue weighted by Crippen LogP contribution is -2.48. The van der Waals surface area contributed by atoms with Gasteiger partial charge in [0, 0.05) is 41.3 Å². The number of nitrogens with one attached hydrogen (secondary N) is 2. The molecule has 5 nitrogen and oxygen atoms in total. The normalized spacial score (nSPS) is 17.2. The number of carbonyl (C=O) groups is 1. The number of nitrogens with zero attached hydrogens (tertiary/aromatic N) is 2. The molecule has 0 unspecified atom stereocenters. The number of benzene rings is 1. The largest absolute Gasteiger partial charge is 0.350 e. The van der Waals surface area contributed by atoms with E-state index >= 15 is 0 Å². The van der Waals surface area contributed by atoms with Crippen molar-refractivity contribution >= 4 is 21.8 Å². The number of amides is 1. The Morgan fingerprint density at radius 1 is 1.33 bits per heavy atom. The average Bonchev–Trinajstić information content (AvgIpc) is 2.93. The van der Waals surface area contributed by atoms with Crippen molar-refractivity contribution in [2.45, 2.75) is 25.7 Å². The molecule has 126 valence electrons. The standard InChI is InChI=1S/C18H21BrN4O/c19-13-4-3-5-14(8-13)23-16-7-2-1-6-15(16)17(22-23)18(24)21-11-12-9-20-10-12/h3-5,8,12,20H,1-2,6-7,9-11H2,(H,21,24). The molecule has 2 aromatic rings. The van der Waals surface area contributed by atoms with Crippen LogP contribution < -0.4 is 10.6 Å². The fourth-order valence-corrected chi connectivity index (χ4v) is 3.80. The summed E-state index contributed by atoms with van der Waals surface area (Å²) < 4.78 is 2.97. The van der Waals surface area contributed by atoms with Crippen LogP contribution in [0.4, 0.5) is 0 Å². The van der Waals surface area contributed by atoms with Gasteiger partial charge in [-0.3, -0.25) is 4.79 Å². The lowest BCUT2D eigenvalue weighted by molar-refractivity contribution is 0.0935. The van der Waals surface area contributed by atoms with E-state index in [1.54, 1.807) is 0 Å². The summed E-state index contributed by atoms with van der Waals surface area (Å²) in [6.07, 6.45) is 4.21. The molecule has 1 fully saturated rings. The van der Waals surface area contributed by atoms with Crippen molar-refractivity contribution in [1.82, 2.24) is 20.4 Å². The second kappa shape index (κ2) is 6.69. The molecule has 2 aliphatic rings. The van der Waals surface area contributed by atoms with Crippen LogP contribution in [-0.2, 0) is 12.8 Å². The van der Waals surface area contributed by atoms with E-state index in [2.05, 4.69) is 26.6 Å². The Hall–Kier alpha value is -1.66. The Bertz CT molecular complexity index is 766.